The van der Waals surface area contributed by atoms with E-state index in [1.807, 2.05) is 0 Å². The third kappa shape index (κ3) is 1.24. The molecule has 14 heavy (non-hydrogen) atoms. The third-order valence-corrected chi connectivity index (χ3v) is 4.08. The first-order valence-electron chi connectivity index (χ1n) is 5.35. The maximum atomic E-state index is 3.70. The number of hydrogen-bond donors (Lipinski definition) is 1. The Bertz CT molecular complexity index is 369. The van der Waals surface area contributed by atoms with Crippen molar-refractivity contribution in [2.45, 2.75) is 31.2 Å². The van der Waals surface area contributed by atoms with Crippen LogP contribution in [-0.2, 0) is 12.0 Å². The van der Waals surface area contributed by atoms with Crippen LogP contribution in [0.3, 0.4) is 0 Å². The van der Waals surface area contributed by atoms with Crippen molar-refractivity contribution in [1.82, 2.24) is 5.32 Å². The summed E-state index contributed by atoms with van der Waals surface area (Å²) >= 11 is 3.69. The molecule has 1 nitrogen and oxygen atoms in total. The van der Waals surface area contributed by atoms with Crippen LogP contribution < -0.4 is 5.32 Å². The first-order chi connectivity index (χ1) is 6.82. The number of nitrogens with one attached hydrogen (secondary N) is 1. The van der Waals surface area contributed by atoms with E-state index in [0.717, 1.165) is 0 Å². The molecule has 3 rings (SSSR count). The highest BCUT2D eigenvalue weighted by Crippen LogP contribution is 2.50. The minimum Gasteiger partial charge on any atom is -0.307 e. The lowest BCUT2D eigenvalue weighted by atomic mass is 9.97. The van der Waals surface area contributed by atoms with Gasteiger partial charge in [0.15, 0.2) is 0 Å². The number of halogens is 1. The SMILES string of the molecule is Brc1cccc2c1C1(CC1)NCCC2. The molecule has 1 spiro atoms. The fourth-order valence-corrected chi connectivity index (χ4v) is 3.35. The van der Waals surface area contributed by atoms with Crippen molar-refractivity contribution in [1.29, 1.82) is 0 Å². The fourth-order valence-electron chi connectivity index (χ4n) is 2.56. The Balaban J connectivity index is 2.17. The minimum atomic E-state index is 0.339. The third-order valence-electron chi connectivity index (χ3n) is 3.41. The molecule has 1 aliphatic heterocycles. The molecule has 1 heterocycles. The number of rotatable bonds is 0. The Morgan fingerprint density at radius 1 is 1.29 bits per heavy atom. The zero-order valence-electron chi connectivity index (χ0n) is 8.15. The Labute approximate surface area is 93.0 Å². The van der Waals surface area contributed by atoms with Crippen molar-refractivity contribution in [2.24, 2.45) is 0 Å². The van der Waals surface area contributed by atoms with Gasteiger partial charge in [0.1, 0.15) is 0 Å². The smallest absolute Gasteiger partial charge is 0.0450 e. The maximum Gasteiger partial charge on any atom is 0.0450 e. The molecule has 1 aliphatic carbocycles. The predicted octanol–water partition coefficient (Wildman–Crippen LogP) is 2.97. The average Bonchev–Trinajstić information content (AvgIpc) is 2.96. The van der Waals surface area contributed by atoms with E-state index in [2.05, 4.69) is 39.4 Å². The van der Waals surface area contributed by atoms with Crippen LogP contribution in [0.2, 0.25) is 0 Å². The van der Waals surface area contributed by atoms with Gasteiger partial charge in [0.25, 0.3) is 0 Å². The quantitative estimate of drug-likeness (QED) is 0.748. The lowest BCUT2D eigenvalue weighted by Crippen LogP contribution is -2.28. The van der Waals surface area contributed by atoms with Crippen molar-refractivity contribution in [3.05, 3.63) is 33.8 Å². The molecule has 0 unspecified atom stereocenters. The van der Waals surface area contributed by atoms with Gasteiger partial charge in [-0.2, -0.15) is 0 Å². The van der Waals surface area contributed by atoms with Gasteiger partial charge in [-0.1, -0.05) is 28.1 Å². The summed E-state index contributed by atoms with van der Waals surface area (Å²) < 4.78 is 1.29. The van der Waals surface area contributed by atoms with Crippen molar-refractivity contribution < 1.29 is 0 Å². The molecule has 1 saturated carbocycles. The lowest BCUT2D eigenvalue weighted by molar-refractivity contribution is 0.528. The molecule has 1 aromatic rings. The summed E-state index contributed by atoms with van der Waals surface area (Å²) in [5, 5.41) is 3.70. The second-order valence-corrected chi connectivity index (χ2v) is 5.24. The van der Waals surface area contributed by atoms with Crippen LogP contribution in [0.25, 0.3) is 0 Å². The number of benzene rings is 1. The van der Waals surface area contributed by atoms with Gasteiger partial charge in [-0.3, -0.25) is 0 Å². The molecule has 1 fully saturated rings. The van der Waals surface area contributed by atoms with Gasteiger partial charge in [0.05, 0.1) is 0 Å². The molecule has 0 aromatic heterocycles. The Kier molecular flexibility index (Phi) is 1.96. The van der Waals surface area contributed by atoms with E-state index in [-0.39, 0.29) is 0 Å². The summed E-state index contributed by atoms with van der Waals surface area (Å²) in [4.78, 5) is 0. The summed E-state index contributed by atoms with van der Waals surface area (Å²) in [5.74, 6) is 0. The standard InChI is InChI=1S/C12H14BrN/c13-10-5-1-3-9-4-2-8-14-12(6-7-12)11(9)10/h1,3,5,14H,2,4,6-8H2. The zero-order valence-corrected chi connectivity index (χ0v) is 9.73. The lowest BCUT2D eigenvalue weighted by Gasteiger charge is -2.18. The van der Waals surface area contributed by atoms with E-state index < -0.39 is 0 Å². The first kappa shape index (κ1) is 8.93. The van der Waals surface area contributed by atoms with Gasteiger partial charge in [-0.05, 0) is 49.4 Å². The topological polar surface area (TPSA) is 12.0 Å². The molecule has 1 N–H and O–H groups in total. The van der Waals surface area contributed by atoms with Crippen LogP contribution in [0.15, 0.2) is 22.7 Å². The number of aryl methyl sites for hydroxylation is 1. The van der Waals surface area contributed by atoms with Crippen LogP contribution in [0.4, 0.5) is 0 Å². The van der Waals surface area contributed by atoms with E-state index in [9.17, 15) is 0 Å². The molecule has 74 valence electrons. The molecule has 2 heteroatoms. The highest BCUT2D eigenvalue weighted by atomic mass is 79.9. The minimum absolute atomic E-state index is 0.339. The molecule has 0 radical (unpaired) electrons. The van der Waals surface area contributed by atoms with Crippen LogP contribution in [0.5, 0.6) is 0 Å². The molecule has 0 saturated heterocycles. The van der Waals surface area contributed by atoms with Gasteiger partial charge in [-0.15, -0.1) is 0 Å². The van der Waals surface area contributed by atoms with Gasteiger partial charge in [0, 0.05) is 10.0 Å². The van der Waals surface area contributed by atoms with E-state index in [1.54, 1.807) is 5.56 Å². The molecule has 0 atom stereocenters. The monoisotopic (exact) mass is 251 g/mol. The Hall–Kier alpha value is -0.340. The molecule has 2 aliphatic rings. The Morgan fingerprint density at radius 3 is 2.93 bits per heavy atom. The number of hydrogen-bond acceptors (Lipinski definition) is 1. The van der Waals surface area contributed by atoms with Crippen LogP contribution >= 0.6 is 15.9 Å². The molecule has 1 aromatic carbocycles. The predicted molar refractivity (Wildman–Crippen MR) is 61.4 cm³/mol. The Morgan fingerprint density at radius 2 is 2.14 bits per heavy atom. The molecule has 0 amide bonds. The summed E-state index contributed by atoms with van der Waals surface area (Å²) in [6.45, 7) is 1.17. The molecular formula is C12H14BrN. The highest BCUT2D eigenvalue weighted by Gasteiger charge is 2.46. The van der Waals surface area contributed by atoms with Crippen molar-refractivity contribution in [3.8, 4) is 0 Å². The van der Waals surface area contributed by atoms with Crippen molar-refractivity contribution in [2.75, 3.05) is 6.54 Å². The van der Waals surface area contributed by atoms with Crippen molar-refractivity contribution in [3.63, 3.8) is 0 Å². The molecular weight excluding hydrogens is 238 g/mol. The zero-order chi connectivity index (χ0) is 9.60. The van der Waals surface area contributed by atoms with E-state index in [0.29, 0.717) is 5.54 Å². The second kappa shape index (κ2) is 3.07. The summed E-state index contributed by atoms with van der Waals surface area (Å²) in [5.41, 5.74) is 3.42. The van der Waals surface area contributed by atoms with Crippen LogP contribution in [0, 0.1) is 0 Å². The maximum absolute atomic E-state index is 3.70. The second-order valence-electron chi connectivity index (χ2n) is 4.39. The van der Waals surface area contributed by atoms with E-state index >= 15 is 0 Å². The van der Waals surface area contributed by atoms with Gasteiger partial charge in [-0.25, -0.2) is 0 Å². The normalized spacial score (nSPS) is 22.9. The first-order valence-corrected chi connectivity index (χ1v) is 6.14. The van der Waals surface area contributed by atoms with Crippen LogP contribution in [-0.4, -0.2) is 6.54 Å². The molecule has 0 bridgehead atoms. The summed E-state index contributed by atoms with van der Waals surface area (Å²) in [7, 11) is 0. The van der Waals surface area contributed by atoms with Gasteiger partial charge < -0.3 is 5.32 Å². The van der Waals surface area contributed by atoms with Crippen molar-refractivity contribution >= 4 is 15.9 Å². The summed E-state index contributed by atoms with van der Waals surface area (Å²) in [6.07, 6.45) is 5.11. The summed E-state index contributed by atoms with van der Waals surface area (Å²) in [6, 6.07) is 6.61. The van der Waals surface area contributed by atoms with Gasteiger partial charge in [0.2, 0.25) is 0 Å². The largest absolute Gasteiger partial charge is 0.307 e. The van der Waals surface area contributed by atoms with Gasteiger partial charge >= 0.3 is 0 Å². The van der Waals surface area contributed by atoms with E-state index in [1.165, 1.54) is 42.3 Å². The number of fused-ring (bicyclic) bond motifs is 2. The average molecular weight is 252 g/mol. The highest BCUT2D eigenvalue weighted by molar-refractivity contribution is 9.10. The van der Waals surface area contributed by atoms with Crippen LogP contribution in [0.1, 0.15) is 30.4 Å². The van der Waals surface area contributed by atoms with E-state index in [4.69, 9.17) is 0 Å². The fraction of sp³-hybridized carbons (Fsp3) is 0.500.